The molecule has 2 aliphatic heterocycles. The number of hydrogen-bond donors (Lipinski definition) is 2. The molecular formula is C22H28N4O4S2. The summed E-state index contributed by atoms with van der Waals surface area (Å²) in [6.07, 6.45) is 3.28. The molecule has 1 aromatic heterocycles. The third kappa shape index (κ3) is 4.97. The number of nitrogens with two attached hydrogens (primary N) is 1. The van der Waals surface area contributed by atoms with E-state index in [4.69, 9.17) is 5.73 Å². The van der Waals surface area contributed by atoms with Gasteiger partial charge in [0.1, 0.15) is 4.21 Å². The van der Waals surface area contributed by atoms with Crippen LogP contribution in [0.3, 0.4) is 0 Å². The van der Waals surface area contributed by atoms with Gasteiger partial charge in [-0.1, -0.05) is 12.1 Å². The van der Waals surface area contributed by atoms with Gasteiger partial charge in [-0.15, -0.1) is 11.3 Å². The van der Waals surface area contributed by atoms with Crippen LogP contribution in [0.1, 0.15) is 30.6 Å². The van der Waals surface area contributed by atoms with Crippen molar-refractivity contribution in [1.29, 1.82) is 0 Å². The quantitative estimate of drug-likeness (QED) is 0.637. The Labute approximate surface area is 192 Å². The number of carbonyl (C=O) groups is 2. The Morgan fingerprint density at radius 1 is 1.03 bits per heavy atom. The predicted octanol–water partition coefficient (Wildman–Crippen LogP) is 2.42. The van der Waals surface area contributed by atoms with Crippen molar-refractivity contribution in [2.45, 2.75) is 36.3 Å². The molecule has 0 aliphatic carbocycles. The summed E-state index contributed by atoms with van der Waals surface area (Å²) < 4.78 is 27.2. The first kappa shape index (κ1) is 22.8. The van der Waals surface area contributed by atoms with Crippen LogP contribution in [-0.2, 0) is 26.0 Å². The molecule has 2 fully saturated rings. The molecule has 1 aromatic carbocycles. The number of anilines is 2. The Bertz CT molecular complexity index is 1080. The van der Waals surface area contributed by atoms with Gasteiger partial charge in [-0.3, -0.25) is 9.59 Å². The van der Waals surface area contributed by atoms with Crippen molar-refractivity contribution in [2.75, 3.05) is 36.4 Å². The molecule has 10 heteroatoms. The number of piperidine rings is 1. The molecule has 2 amide bonds. The summed E-state index contributed by atoms with van der Waals surface area (Å²) in [7, 11) is -3.46. The topological polar surface area (TPSA) is 113 Å². The van der Waals surface area contributed by atoms with Crippen LogP contribution in [0.4, 0.5) is 11.4 Å². The van der Waals surface area contributed by atoms with E-state index in [0.29, 0.717) is 53.8 Å². The molecule has 0 bridgehead atoms. The summed E-state index contributed by atoms with van der Waals surface area (Å²) in [6, 6.07) is 10.9. The van der Waals surface area contributed by atoms with Crippen molar-refractivity contribution in [3.63, 3.8) is 0 Å². The molecule has 3 heterocycles. The molecule has 2 saturated heterocycles. The van der Waals surface area contributed by atoms with Gasteiger partial charge in [-0.2, -0.15) is 4.31 Å². The zero-order valence-electron chi connectivity index (χ0n) is 17.8. The maximum atomic E-state index is 12.7. The van der Waals surface area contributed by atoms with Gasteiger partial charge >= 0.3 is 0 Å². The van der Waals surface area contributed by atoms with Crippen molar-refractivity contribution in [3.05, 3.63) is 41.3 Å². The smallest absolute Gasteiger partial charge is 0.252 e. The van der Waals surface area contributed by atoms with Gasteiger partial charge in [0.15, 0.2) is 0 Å². The van der Waals surface area contributed by atoms with Crippen LogP contribution in [0.5, 0.6) is 0 Å². The fourth-order valence-corrected chi connectivity index (χ4v) is 7.29. The van der Waals surface area contributed by atoms with Gasteiger partial charge in [-0.05, 0) is 49.9 Å². The van der Waals surface area contributed by atoms with Crippen molar-refractivity contribution in [1.82, 2.24) is 4.31 Å². The lowest BCUT2D eigenvalue weighted by molar-refractivity contribution is -0.122. The zero-order valence-corrected chi connectivity index (χ0v) is 19.5. The molecule has 0 spiro atoms. The molecule has 4 rings (SSSR count). The van der Waals surface area contributed by atoms with Crippen LogP contribution >= 0.6 is 11.3 Å². The first-order chi connectivity index (χ1) is 15.3. The second kappa shape index (κ2) is 9.60. The number of amides is 2. The number of thiophene rings is 1. The monoisotopic (exact) mass is 476 g/mol. The fourth-order valence-electron chi connectivity index (χ4n) is 4.26. The Hall–Kier alpha value is -2.43. The van der Waals surface area contributed by atoms with Crippen LogP contribution in [0, 0.1) is 5.92 Å². The average Bonchev–Trinajstić information content (AvgIpc) is 3.47. The van der Waals surface area contributed by atoms with E-state index in [1.54, 1.807) is 12.1 Å². The van der Waals surface area contributed by atoms with Crippen LogP contribution in [0.15, 0.2) is 40.6 Å². The zero-order chi connectivity index (χ0) is 22.7. The van der Waals surface area contributed by atoms with Crippen LogP contribution in [-0.4, -0.2) is 50.7 Å². The highest BCUT2D eigenvalue weighted by atomic mass is 32.2. The number of rotatable bonds is 7. The molecule has 32 heavy (non-hydrogen) atoms. The Balaban J connectivity index is 1.40. The lowest BCUT2D eigenvalue weighted by Gasteiger charge is -2.33. The number of primary amides is 1. The average molecular weight is 477 g/mol. The normalized spacial score (nSPS) is 18.1. The van der Waals surface area contributed by atoms with Crippen LogP contribution in [0.25, 0.3) is 0 Å². The van der Waals surface area contributed by atoms with E-state index >= 15 is 0 Å². The number of benzene rings is 1. The van der Waals surface area contributed by atoms with E-state index in [-0.39, 0.29) is 24.2 Å². The Morgan fingerprint density at radius 3 is 2.41 bits per heavy atom. The molecule has 0 radical (unpaired) electrons. The minimum Gasteiger partial charge on any atom is -0.370 e. The first-order valence-corrected chi connectivity index (χ1v) is 13.1. The van der Waals surface area contributed by atoms with E-state index in [1.165, 1.54) is 4.31 Å². The summed E-state index contributed by atoms with van der Waals surface area (Å²) in [4.78, 5) is 27.0. The predicted molar refractivity (Wildman–Crippen MR) is 125 cm³/mol. The molecule has 2 aromatic rings. The summed E-state index contributed by atoms with van der Waals surface area (Å²) in [5, 5.41) is 2.97. The number of sulfonamides is 1. The minimum atomic E-state index is -3.46. The van der Waals surface area contributed by atoms with E-state index in [9.17, 15) is 18.0 Å². The van der Waals surface area contributed by atoms with Gasteiger partial charge in [0, 0.05) is 37.0 Å². The first-order valence-electron chi connectivity index (χ1n) is 10.9. The molecule has 8 nitrogen and oxygen atoms in total. The molecule has 0 atom stereocenters. The standard InChI is InChI=1S/C22H28N4O4S2/c23-22(28)16-9-13-25(14-10-16)19-6-2-1-5-18(19)24-20(27)15-17-7-8-21(31-17)32(29,30)26-11-3-4-12-26/h1-2,5-8,16H,3-4,9-15H2,(H2,23,28)(H,24,27). The number of hydrogen-bond acceptors (Lipinski definition) is 6. The number of nitrogens with one attached hydrogen (secondary N) is 1. The third-order valence-corrected chi connectivity index (χ3v) is 9.50. The van der Waals surface area contributed by atoms with E-state index < -0.39 is 10.0 Å². The maximum absolute atomic E-state index is 12.7. The summed E-state index contributed by atoms with van der Waals surface area (Å²) in [6.45, 7) is 2.51. The van der Waals surface area contributed by atoms with Crippen LogP contribution < -0.4 is 16.0 Å². The van der Waals surface area contributed by atoms with Crippen molar-refractivity contribution in [2.24, 2.45) is 11.7 Å². The van der Waals surface area contributed by atoms with Gasteiger partial charge in [-0.25, -0.2) is 8.42 Å². The summed E-state index contributed by atoms with van der Waals surface area (Å²) in [5.41, 5.74) is 7.05. The van der Waals surface area contributed by atoms with Crippen molar-refractivity contribution >= 4 is 44.5 Å². The Morgan fingerprint density at radius 2 is 1.72 bits per heavy atom. The highest BCUT2D eigenvalue weighted by molar-refractivity contribution is 7.91. The summed E-state index contributed by atoms with van der Waals surface area (Å²) >= 11 is 1.16. The fraction of sp³-hybridized carbons (Fsp3) is 0.455. The maximum Gasteiger partial charge on any atom is 0.252 e. The van der Waals surface area contributed by atoms with Gasteiger partial charge < -0.3 is 16.0 Å². The van der Waals surface area contributed by atoms with Gasteiger partial charge in [0.05, 0.1) is 17.8 Å². The van der Waals surface area contributed by atoms with E-state index in [2.05, 4.69) is 10.2 Å². The second-order valence-electron chi connectivity index (χ2n) is 8.24. The third-order valence-electron chi connectivity index (χ3n) is 6.05. The van der Waals surface area contributed by atoms with Crippen LogP contribution in [0.2, 0.25) is 0 Å². The van der Waals surface area contributed by atoms with Crippen molar-refractivity contribution in [3.8, 4) is 0 Å². The van der Waals surface area contributed by atoms with E-state index in [1.807, 2.05) is 24.3 Å². The molecule has 0 saturated carbocycles. The highest BCUT2D eigenvalue weighted by Gasteiger charge is 2.29. The molecular weight excluding hydrogens is 448 g/mol. The lowest BCUT2D eigenvalue weighted by Crippen LogP contribution is -2.38. The van der Waals surface area contributed by atoms with Gasteiger partial charge in [0.2, 0.25) is 11.8 Å². The molecule has 172 valence electrons. The van der Waals surface area contributed by atoms with Crippen molar-refractivity contribution < 1.29 is 18.0 Å². The largest absolute Gasteiger partial charge is 0.370 e. The highest BCUT2D eigenvalue weighted by Crippen LogP contribution is 2.31. The number of carbonyl (C=O) groups excluding carboxylic acids is 2. The molecule has 0 unspecified atom stereocenters. The summed E-state index contributed by atoms with van der Waals surface area (Å²) in [5.74, 6) is -0.553. The molecule has 2 aliphatic rings. The van der Waals surface area contributed by atoms with E-state index in [0.717, 1.165) is 29.9 Å². The second-order valence-corrected chi connectivity index (χ2v) is 11.6. The number of nitrogens with zero attached hydrogens (tertiary/aromatic N) is 2. The minimum absolute atomic E-state index is 0.0992. The van der Waals surface area contributed by atoms with Gasteiger partial charge in [0.25, 0.3) is 10.0 Å². The lowest BCUT2D eigenvalue weighted by atomic mass is 9.96. The number of para-hydroxylation sites is 2. The SMILES string of the molecule is NC(=O)C1CCN(c2ccccc2NC(=O)Cc2ccc(S(=O)(=O)N3CCCC3)s2)CC1. The Kier molecular flexibility index (Phi) is 6.82. The molecule has 3 N–H and O–H groups in total.